The van der Waals surface area contributed by atoms with Crippen LogP contribution in [0.2, 0.25) is 0 Å². The van der Waals surface area contributed by atoms with E-state index in [9.17, 15) is 29.4 Å². The molecule has 6 rings (SSSR count). The predicted molar refractivity (Wildman–Crippen MR) is 254 cm³/mol. The summed E-state index contributed by atoms with van der Waals surface area (Å²) in [5.41, 5.74) is 1.50. The standard InChI is InChI=1S/2C23H36N2O4.C4H6O6/c2*1-2-3-4-5-6-9-22(26)24-19(17-25-12-7-8-13-25)23(27)18-10-11-20-21(16-18)29-15-14-28-20;5-1(3(7)8)2(6)4(9)10/h2*10-11,16,19,23,27H,2-9,12-15,17H2,1H3,(H,24,26);1-2,5-6H,(H,7,8)(H,9,10)/t2*19-,23-;1-,2-/m110/s1. The molecule has 4 aliphatic heterocycles. The zero-order valence-electron chi connectivity index (χ0n) is 40.2. The number of likely N-dealkylation sites (tertiary alicyclic amines) is 2. The van der Waals surface area contributed by atoms with Gasteiger partial charge in [-0.2, -0.15) is 0 Å². The van der Waals surface area contributed by atoms with Gasteiger partial charge in [0.1, 0.15) is 38.6 Å². The quantitative estimate of drug-likeness (QED) is 0.0626. The zero-order valence-corrected chi connectivity index (χ0v) is 40.2. The minimum atomic E-state index is -2.27. The van der Waals surface area contributed by atoms with Gasteiger partial charge in [0.05, 0.1) is 12.1 Å². The Morgan fingerprint density at radius 1 is 0.515 bits per heavy atom. The molecule has 4 heterocycles. The average molecular weight is 959 g/mol. The first kappa shape index (κ1) is 55.9. The lowest BCUT2D eigenvalue weighted by atomic mass is 10.0. The van der Waals surface area contributed by atoms with E-state index in [1.807, 2.05) is 36.4 Å². The van der Waals surface area contributed by atoms with Gasteiger partial charge in [-0.05, 0) is 100 Å². The molecule has 2 fully saturated rings. The average Bonchev–Trinajstić information content (AvgIpc) is 4.08. The summed E-state index contributed by atoms with van der Waals surface area (Å²) in [4.78, 5) is 49.3. The van der Waals surface area contributed by atoms with Crippen molar-refractivity contribution in [1.82, 2.24) is 20.4 Å². The molecule has 68 heavy (non-hydrogen) atoms. The van der Waals surface area contributed by atoms with Crippen LogP contribution in [0.15, 0.2) is 36.4 Å². The second-order valence-electron chi connectivity index (χ2n) is 18.0. The molecule has 0 aliphatic carbocycles. The van der Waals surface area contributed by atoms with Crippen LogP contribution in [0, 0.1) is 0 Å². The molecule has 2 aromatic rings. The largest absolute Gasteiger partial charge is 0.486 e. The van der Waals surface area contributed by atoms with Gasteiger partial charge >= 0.3 is 11.9 Å². The summed E-state index contributed by atoms with van der Waals surface area (Å²) in [5, 5.41) is 60.9. The van der Waals surface area contributed by atoms with Crippen molar-refractivity contribution < 1.29 is 68.8 Å². The summed E-state index contributed by atoms with van der Waals surface area (Å²) in [5.74, 6) is -0.738. The summed E-state index contributed by atoms with van der Waals surface area (Å²) < 4.78 is 22.5. The molecule has 0 unspecified atom stereocenters. The fourth-order valence-corrected chi connectivity index (χ4v) is 8.49. The van der Waals surface area contributed by atoms with Crippen molar-refractivity contribution in [3.05, 3.63) is 47.5 Å². The predicted octanol–water partition coefficient (Wildman–Crippen LogP) is 4.74. The highest BCUT2D eigenvalue weighted by Crippen LogP contribution is 2.35. The number of carbonyl (C=O) groups excluding carboxylic acids is 2. The van der Waals surface area contributed by atoms with Gasteiger partial charge in [0.25, 0.3) is 0 Å². The van der Waals surface area contributed by atoms with E-state index in [1.54, 1.807) is 0 Å². The van der Waals surface area contributed by atoms with Gasteiger partial charge in [-0.15, -0.1) is 0 Å². The van der Waals surface area contributed by atoms with E-state index in [4.69, 9.17) is 39.4 Å². The monoisotopic (exact) mass is 959 g/mol. The maximum Gasteiger partial charge on any atom is 0.335 e. The number of aliphatic carboxylic acids is 2. The molecule has 0 saturated carbocycles. The highest BCUT2D eigenvalue weighted by atomic mass is 16.6. The fourth-order valence-electron chi connectivity index (χ4n) is 8.49. The van der Waals surface area contributed by atoms with Crippen LogP contribution in [0.25, 0.3) is 0 Å². The van der Waals surface area contributed by atoms with E-state index in [1.165, 1.54) is 64.2 Å². The number of nitrogens with zero attached hydrogens (tertiary/aromatic N) is 2. The number of carboxylic acid groups (broad SMARTS) is 2. The summed E-state index contributed by atoms with van der Waals surface area (Å²) in [6, 6.07) is 10.4. The van der Waals surface area contributed by atoms with Gasteiger partial charge in [-0.3, -0.25) is 9.59 Å². The SMILES string of the molecule is CCCCCCCC(=O)N[C@H](CN1CCCC1)[C@H](O)c1ccc2c(c1)OCCO2.CCCCCCCC(=O)N[C@H](CN1CCCC1)[C@H](O)c1ccc2c(c1)OCCO2.O=C(O)[C@@H](O)[C@H](O)C(=O)O. The Labute approximate surface area is 401 Å². The van der Waals surface area contributed by atoms with Gasteiger partial charge in [0.2, 0.25) is 11.8 Å². The Hall–Kier alpha value is -4.72. The van der Waals surface area contributed by atoms with Gasteiger partial charge in [-0.1, -0.05) is 77.3 Å². The van der Waals surface area contributed by atoms with Crippen LogP contribution in [-0.4, -0.2) is 154 Å². The molecule has 0 radical (unpaired) electrons. The number of hydrogen-bond donors (Lipinski definition) is 8. The number of aliphatic hydroxyl groups excluding tert-OH is 4. The highest BCUT2D eigenvalue weighted by molar-refractivity contribution is 5.83. The van der Waals surface area contributed by atoms with Gasteiger partial charge in [0, 0.05) is 25.9 Å². The number of benzene rings is 2. The number of unbranched alkanes of at least 4 members (excludes halogenated alkanes) is 8. The Balaban J connectivity index is 0.000000248. The normalized spacial score (nSPS) is 18.0. The molecule has 2 saturated heterocycles. The number of fused-ring (bicyclic) bond motifs is 2. The maximum atomic E-state index is 12.5. The first-order chi connectivity index (χ1) is 32.8. The number of amides is 2. The third-order valence-electron chi connectivity index (χ3n) is 12.4. The first-order valence-corrected chi connectivity index (χ1v) is 24.8. The van der Waals surface area contributed by atoms with Crippen LogP contribution in [0.4, 0.5) is 0 Å². The third-order valence-corrected chi connectivity index (χ3v) is 12.4. The highest BCUT2D eigenvalue weighted by Gasteiger charge is 2.31. The van der Waals surface area contributed by atoms with E-state index in [2.05, 4.69) is 34.3 Å². The number of ether oxygens (including phenoxy) is 4. The first-order valence-electron chi connectivity index (χ1n) is 24.8. The van der Waals surface area contributed by atoms with Crippen molar-refractivity contribution in [2.75, 3.05) is 65.7 Å². The topological polar surface area (TPSA) is 257 Å². The third kappa shape index (κ3) is 19.3. The number of carboxylic acids is 2. The Morgan fingerprint density at radius 3 is 1.19 bits per heavy atom. The van der Waals surface area contributed by atoms with E-state index >= 15 is 0 Å². The smallest absolute Gasteiger partial charge is 0.335 e. The minimum absolute atomic E-state index is 0.0299. The minimum Gasteiger partial charge on any atom is -0.486 e. The Bertz CT molecular complexity index is 1690. The lowest BCUT2D eigenvalue weighted by molar-refractivity contribution is -0.165. The van der Waals surface area contributed by atoms with Crippen LogP contribution in [0.1, 0.15) is 140 Å². The van der Waals surface area contributed by atoms with E-state index in [0.29, 0.717) is 75.4 Å². The van der Waals surface area contributed by atoms with Crippen LogP contribution in [0.3, 0.4) is 0 Å². The molecule has 0 bridgehead atoms. The van der Waals surface area contributed by atoms with E-state index < -0.39 is 36.4 Å². The second kappa shape index (κ2) is 30.7. The lowest BCUT2D eigenvalue weighted by Crippen LogP contribution is -2.46. The molecule has 18 nitrogen and oxygen atoms in total. The van der Waals surface area contributed by atoms with Gasteiger partial charge < -0.3 is 70.0 Å². The second-order valence-corrected chi connectivity index (χ2v) is 18.0. The van der Waals surface area contributed by atoms with Crippen molar-refractivity contribution in [2.45, 2.75) is 153 Å². The van der Waals surface area contributed by atoms with E-state index in [-0.39, 0.29) is 23.9 Å². The summed E-state index contributed by atoms with van der Waals surface area (Å²) in [7, 11) is 0. The molecular weight excluding hydrogens is 881 g/mol. The van der Waals surface area contributed by atoms with Crippen LogP contribution in [0.5, 0.6) is 23.0 Å². The molecule has 8 N–H and O–H groups in total. The Kier molecular flexibility index (Phi) is 25.2. The summed E-state index contributed by atoms with van der Waals surface area (Å²) >= 11 is 0. The molecule has 0 aromatic heterocycles. The number of carbonyl (C=O) groups is 4. The van der Waals surface area contributed by atoms with Crippen LogP contribution >= 0.6 is 0 Å². The molecule has 4 aliphatic rings. The van der Waals surface area contributed by atoms with Crippen LogP contribution < -0.4 is 29.6 Å². The van der Waals surface area contributed by atoms with Crippen molar-refractivity contribution in [2.24, 2.45) is 0 Å². The number of rotatable bonds is 25. The van der Waals surface area contributed by atoms with Crippen molar-refractivity contribution in [3.8, 4) is 23.0 Å². The maximum absolute atomic E-state index is 12.5. The van der Waals surface area contributed by atoms with E-state index in [0.717, 1.165) is 63.0 Å². The molecule has 382 valence electrons. The summed E-state index contributed by atoms with van der Waals surface area (Å²) in [6.45, 7) is 11.9. The Morgan fingerprint density at radius 2 is 0.853 bits per heavy atom. The molecule has 0 spiro atoms. The molecular formula is C50H78N4O14. The zero-order chi connectivity index (χ0) is 49.3. The number of aliphatic hydroxyl groups is 4. The van der Waals surface area contributed by atoms with Gasteiger partial charge in [-0.25, -0.2) is 9.59 Å². The van der Waals surface area contributed by atoms with Crippen molar-refractivity contribution in [1.29, 1.82) is 0 Å². The summed E-state index contributed by atoms with van der Waals surface area (Å²) in [6.07, 6.45) is 10.9. The van der Waals surface area contributed by atoms with Gasteiger partial charge in [0.15, 0.2) is 35.2 Å². The molecule has 2 aromatic carbocycles. The molecule has 2 amide bonds. The van der Waals surface area contributed by atoms with Crippen LogP contribution in [-0.2, 0) is 19.2 Å². The molecule has 6 atom stereocenters. The number of hydrogen-bond acceptors (Lipinski definition) is 14. The number of nitrogens with one attached hydrogen (secondary N) is 2. The fraction of sp³-hybridized carbons (Fsp3) is 0.680. The van der Waals surface area contributed by atoms with Crippen molar-refractivity contribution >= 4 is 23.8 Å². The molecule has 18 heteroatoms. The van der Waals surface area contributed by atoms with Crippen molar-refractivity contribution in [3.63, 3.8) is 0 Å². The lowest BCUT2D eigenvalue weighted by Gasteiger charge is -2.29.